The first-order chi connectivity index (χ1) is 10.4. The second-order valence-corrected chi connectivity index (χ2v) is 5.81. The highest BCUT2D eigenvalue weighted by molar-refractivity contribution is 5.74. The highest BCUT2D eigenvalue weighted by atomic mass is 16.6. The van der Waals surface area contributed by atoms with Crippen LogP contribution in [0.3, 0.4) is 0 Å². The van der Waals surface area contributed by atoms with Crippen LogP contribution in [-0.4, -0.2) is 30.1 Å². The van der Waals surface area contributed by atoms with Crippen LogP contribution in [0, 0.1) is 0 Å². The van der Waals surface area contributed by atoms with Crippen molar-refractivity contribution in [1.82, 2.24) is 5.32 Å². The molecule has 0 heterocycles. The fourth-order valence-corrected chi connectivity index (χ4v) is 1.72. The van der Waals surface area contributed by atoms with Gasteiger partial charge in [0.2, 0.25) is 0 Å². The summed E-state index contributed by atoms with van der Waals surface area (Å²) in [5.74, 6) is 0. The van der Waals surface area contributed by atoms with Crippen LogP contribution in [0.25, 0.3) is 0 Å². The number of amides is 1. The SMILES string of the molecule is C=C[C@H](OCc1ccccc1)[C@H](C=O)NC(=O)OC(C)(C)C. The number of nitrogens with one attached hydrogen (secondary N) is 1. The maximum absolute atomic E-state index is 11.7. The van der Waals surface area contributed by atoms with Crippen LogP contribution in [0.2, 0.25) is 0 Å². The standard InChI is InChI=1S/C17H23NO4/c1-5-15(21-12-13-9-7-6-8-10-13)14(11-19)18-16(20)22-17(2,3)4/h5-11,14-15H,1,12H2,2-4H3,(H,18,20)/t14-,15-/m0/s1. The number of benzene rings is 1. The lowest BCUT2D eigenvalue weighted by Crippen LogP contribution is -2.46. The van der Waals surface area contributed by atoms with Gasteiger partial charge < -0.3 is 19.6 Å². The summed E-state index contributed by atoms with van der Waals surface area (Å²) in [6.07, 6.45) is 0.797. The van der Waals surface area contributed by atoms with Gasteiger partial charge in [-0.3, -0.25) is 0 Å². The van der Waals surface area contributed by atoms with E-state index in [1.54, 1.807) is 20.8 Å². The molecule has 1 rings (SSSR count). The molecule has 0 aromatic heterocycles. The molecular weight excluding hydrogens is 282 g/mol. The number of carbonyl (C=O) groups excluding carboxylic acids is 2. The molecule has 1 aromatic rings. The summed E-state index contributed by atoms with van der Waals surface area (Å²) < 4.78 is 10.8. The Hall–Kier alpha value is -2.14. The van der Waals surface area contributed by atoms with Crippen LogP contribution in [0.4, 0.5) is 4.79 Å². The van der Waals surface area contributed by atoms with Gasteiger partial charge in [-0.25, -0.2) is 4.79 Å². The summed E-state index contributed by atoms with van der Waals surface area (Å²) in [7, 11) is 0. The summed E-state index contributed by atoms with van der Waals surface area (Å²) in [4.78, 5) is 23.0. The van der Waals surface area contributed by atoms with E-state index < -0.39 is 23.8 Å². The van der Waals surface area contributed by atoms with Gasteiger partial charge in [-0.05, 0) is 26.3 Å². The fourth-order valence-electron chi connectivity index (χ4n) is 1.72. The van der Waals surface area contributed by atoms with Gasteiger partial charge in [-0.2, -0.15) is 0 Å². The highest BCUT2D eigenvalue weighted by Crippen LogP contribution is 2.09. The van der Waals surface area contributed by atoms with Crippen LogP contribution in [0.15, 0.2) is 43.0 Å². The molecule has 1 N–H and O–H groups in total. The highest BCUT2D eigenvalue weighted by Gasteiger charge is 2.24. The minimum Gasteiger partial charge on any atom is -0.444 e. The second-order valence-electron chi connectivity index (χ2n) is 5.81. The zero-order valence-corrected chi connectivity index (χ0v) is 13.2. The number of carbonyl (C=O) groups is 2. The third-order valence-electron chi connectivity index (χ3n) is 2.70. The first-order valence-corrected chi connectivity index (χ1v) is 7.08. The lowest BCUT2D eigenvalue weighted by Gasteiger charge is -2.24. The average Bonchev–Trinajstić information content (AvgIpc) is 2.45. The van der Waals surface area contributed by atoms with Crippen molar-refractivity contribution in [2.45, 2.75) is 45.1 Å². The van der Waals surface area contributed by atoms with Gasteiger partial charge in [-0.15, -0.1) is 6.58 Å². The van der Waals surface area contributed by atoms with E-state index in [4.69, 9.17) is 9.47 Å². The molecule has 0 spiro atoms. The molecule has 0 aliphatic carbocycles. The molecule has 0 radical (unpaired) electrons. The Morgan fingerprint density at radius 2 is 1.95 bits per heavy atom. The van der Waals surface area contributed by atoms with E-state index in [9.17, 15) is 9.59 Å². The molecule has 0 bridgehead atoms. The van der Waals surface area contributed by atoms with Gasteiger partial charge in [0.1, 0.15) is 24.0 Å². The van der Waals surface area contributed by atoms with Gasteiger partial charge >= 0.3 is 6.09 Å². The van der Waals surface area contributed by atoms with Gasteiger partial charge in [0.05, 0.1) is 6.61 Å². The van der Waals surface area contributed by atoms with Gasteiger partial charge in [0.25, 0.3) is 0 Å². The Morgan fingerprint density at radius 1 is 1.32 bits per heavy atom. The molecule has 2 atom stereocenters. The molecule has 5 nitrogen and oxygen atoms in total. The van der Waals surface area contributed by atoms with Gasteiger partial charge in [-0.1, -0.05) is 36.4 Å². The van der Waals surface area contributed by atoms with Crippen LogP contribution < -0.4 is 5.32 Å². The van der Waals surface area contributed by atoms with E-state index in [1.807, 2.05) is 30.3 Å². The first kappa shape index (κ1) is 17.9. The summed E-state index contributed by atoms with van der Waals surface area (Å²) in [5.41, 5.74) is 0.336. The number of alkyl carbamates (subject to hydrolysis) is 1. The van der Waals surface area contributed by atoms with Crippen LogP contribution in [-0.2, 0) is 20.9 Å². The molecule has 1 aromatic carbocycles. The van der Waals surface area contributed by atoms with Crippen molar-refractivity contribution in [2.75, 3.05) is 0 Å². The van der Waals surface area contributed by atoms with E-state index >= 15 is 0 Å². The van der Waals surface area contributed by atoms with E-state index in [1.165, 1.54) is 6.08 Å². The molecule has 120 valence electrons. The van der Waals surface area contributed by atoms with Crippen molar-refractivity contribution >= 4 is 12.4 Å². The molecule has 0 aliphatic heterocycles. The van der Waals surface area contributed by atoms with Crippen molar-refractivity contribution in [3.63, 3.8) is 0 Å². The van der Waals surface area contributed by atoms with Crippen LogP contribution >= 0.6 is 0 Å². The summed E-state index contributed by atoms with van der Waals surface area (Å²) in [6, 6.07) is 8.69. The number of hydrogen-bond donors (Lipinski definition) is 1. The van der Waals surface area contributed by atoms with Gasteiger partial charge in [0, 0.05) is 0 Å². The van der Waals surface area contributed by atoms with Gasteiger partial charge in [0.15, 0.2) is 0 Å². The molecule has 0 unspecified atom stereocenters. The second kappa shape index (κ2) is 8.34. The Kier molecular flexibility index (Phi) is 6.79. The number of ether oxygens (including phenoxy) is 2. The monoisotopic (exact) mass is 305 g/mol. The van der Waals surface area contributed by atoms with Crippen LogP contribution in [0.1, 0.15) is 26.3 Å². The average molecular weight is 305 g/mol. The van der Waals surface area contributed by atoms with E-state index in [0.29, 0.717) is 12.9 Å². The predicted molar refractivity (Wildman–Crippen MR) is 84.4 cm³/mol. The smallest absolute Gasteiger partial charge is 0.408 e. The minimum atomic E-state index is -0.851. The largest absolute Gasteiger partial charge is 0.444 e. The number of aldehydes is 1. The predicted octanol–water partition coefficient (Wildman–Crippen LogP) is 2.85. The van der Waals surface area contributed by atoms with E-state index in [0.717, 1.165) is 5.56 Å². The Morgan fingerprint density at radius 3 is 2.45 bits per heavy atom. The summed E-state index contributed by atoms with van der Waals surface area (Å²) >= 11 is 0. The molecule has 22 heavy (non-hydrogen) atoms. The number of hydrogen-bond acceptors (Lipinski definition) is 4. The molecule has 1 amide bonds. The number of rotatable bonds is 7. The quantitative estimate of drug-likeness (QED) is 0.621. The minimum absolute atomic E-state index is 0.317. The van der Waals surface area contributed by atoms with E-state index in [-0.39, 0.29) is 0 Å². The lowest BCUT2D eigenvalue weighted by molar-refractivity contribution is -0.112. The molecular formula is C17H23NO4. The summed E-state index contributed by atoms with van der Waals surface area (Å²) in [5, 5.41) is 2.49. The van der Waals surface area contributed by atoms with E-state index in [2.05, 4.69) is 11.9 Å². The van der Waals surface area contributed by atoms with Crippen LogP contribution in [0.5, 0.6) is 0 Å². The molecule has 0 saturated carbocycles. The maximum Gasteiger partial charge on any atom is 0.408 e. The van der Waals surface area contributed by atoms with Crippen molar-refractivity contribution in [3.8, 4) is 0 Å². The Balaban J connectivity index is 2.59. The van der Waals surface area contributed by atoms with Crippen molar-refractivity contribution in [1.29, 1.82) is 0 Å². The van der Waals surface area contributed by atoms with Crippen molar-refractivity contribution in [3.05, 3.63) is 48.6 Å². The van der Waals surface area contributed by atoms with Crippen molar-refractivity contribution in [2.24, 2.45) is 0 Å². The third-order valence-corrected chi connectivity index (χ3v) is 2.70. The molecule has 0 fully saturated rings. The summed E-state index contributed by atoms with van der Waals surface area (Å²) in [6.45, 7) is 9.21. The fraction of sp³-hybridized carbons (Fsp3) is 0.412. The molecule has 0 aliphatic rings. The first-order valence-electron chi connectivity index (χ1n) is 7.08. The molecule has 0 saturated heterocycles. The molecule has 5 heteroatoms. The normalized spacial score (nSPS) is 13.8. The third kappa shape index (κ3) is 6.54. The zero-order chi connectivity index (χ0) is 16.6. The Bertz CT molecular complexity index is 493. The maximum atomic E-state index is 11.7. The topological polar surface area (TPSA) is 64.6 Å². The lowest BCUT2D eigenvalue weighted by atomic mass is 10.1. The Labute approximate surface area is 131 Å². The van der Waals surface area contributed by atoms with Crippen molar-refractivity contribution < 1.29 is 19.1 Å². The zero-order valence-electron chi connectivity index (χ0n) is 13.2.